The Bertz CT molecular complexity index is 350. The van der Waals surface area contributed by atoms with Crippen LogP contribution in [0.3, 0.4) is 0 Å². The Labute approximate surface area is 94.2 Å². The highest BCUT2D eigenvalue weighted by Gasteiger charge is 2.24. The maximum atomic E-state index is 3.81. The summed E-state index contributed by atoms with van der Waals surface area (Å²) >= 11 is 3.57. The monoisotopic (exact) mass is 249 g/mol. The highest BCUT2D eigenvalue weighted by molar-refractivity contribution is 9.10. The van der Waals surface area contributed by atoms with Gasteiger partial charge in [0.1, 0.15) is 0 Å². The quantitative estimate of drug-likeness (QED) is 0.743. The Morgan fingerprint density at radius 1 is 1.50 bits per heavy atom. The number of halogens is 1. The normalized spacial score (nSPS) is 15.9. The summed E-state index contributed by atoms with van der Waals surface area (Å²) in [5, 5.41) is 0. The van der Waals surface area contributed by atoms with Crippen LogP contribution in [0.5, 0.6) is 0 Å². The van der Waals surface area contributed by atoms with Gasteiger partial charge in [0, 0.05) is 10.4 Å². The summed E-state index contributed by atoms with van der Waals surface area (Å²) in [6, 6.07) is 6.66. The average molecular weight is 250 g/mol. The zero-order valence-corrected chi connectivity index (χ0v) is 9.97. The molecule has 1 aliphatic carbocycles. The van der Waals surface area contributed by atoms with Crippen molar-refractivity contribution in [2.24, 2.45) is 0 Å². The van der Waals surface area contributed by atoms with Crippen molar-refractivity contribution in [2.75, 3.05) is 0 Å². The second-order valence-electron chi connectivity index (χ2n) is 3.90. The molecule has 0 amide bonds. The third-order valence-corrected chi connectivity index (χ3v) is 3.46. The molecule has 1 aromatic rings. The van der Waals surface area contributed by atoms with Crippen LogP contribution in [0.2, 0.25) is 0 Å². The van der Waals surface area contributed by atoms with Gasteiger partial charge in [-0.05, 0) is 36.0 Å². The molecule has 0 saturated heterocycles. The first-order valence-electron chi connectivity index (χ1n) is 4.98. The zero-order chi connectivity index (χ0) is 10.1. The van der Waals surface area contributed by atoms with Crippen molar-refractivity contribution >= 4 is 15.9 Å². The predicted octanol–water partition coefficient (Wildman–Crippen LogP) is 4.45. The lowest BCUT2D eigenvalue weighted by molar-refractivity contribution is 1.11. The number of hydrogen-bond donors (Lipinski definition) is 0. The SMILES string of the molecule is C=C[C](C)c1cc(C2CC2)ccc1Br. The number of hydrogen-bond acceptors (Lipinski definition) is 0. The van der Waals surface area contributed by atoms with Crippen molar-refractivity contribution in [2.45, 2.75) is 25.7 Å². The third kappa shape index (κ3) is 1.93. The molecule has 0 heterocycles. The lowest BCUT2D eigenvalue weighted by Crippen LogP contribution is -1.93. The first kappa shape index (κ1) is 9.97. The van der Waals surface area contributed by atoms with Gasteiger partial charge in [-0.3, -0.25) is 0 Å². The summed E-state index contributed by atoms with van der Waals surface area (Å²) in [6.07, 6.45) is 4.62. The van der Waals surface area contributed by atoms with E-state index in [1.165, 1.54) is 34.4 Å². The summed E-state index contributed by atoms with van der Waals surface area (Å²) in [5.41, 5.74) is 2.76. The van der Waals surface area contributed by atoms with E-state index in [0.29, 0.717) is 0 Å². The molecule has 1 aromatic carbocycles. The number of rotatable bonds is 3. The molecule has 0 bridgehead atoms. The van der Waals surface area contributed by atoms with Crippen LogP contribution in [0.25, 0.3) is 0 Å². The van der Waals surface area contributed by atoms with Crippen molar-refractivity contribution in [1.82, 2.24) is 0 Å². The van der Waals surface area contributed by atoms with Crippen molar-refractivity contribution < 1.29 is 0 Å². The van der Waals surface area contributed by atoms with E-state index in [0.717, 1.165) is 5.92 Å². The lowest BCUT2D eigenvalue weighted by atomic mass is 9.98. The molecule has 0 N–H and O–H groups in total. The van der Waals surface area contributed by atoms with E-state index in [-0.39, 0.29) is 0 Å². The summed E-state index contributed by atoms with van der Waals surface area (Å²) in [7, 11) is 0. The lowest BCUT2D eigenvalue weighted by Gasteiger charge is -2.10. The molecule has 1 radical (unpaired) electrons. The van der Waals surface area contributed by atoms with Gasteiger partial charge in [-0.2, -0.15) is 0 Å². The Balaban J connectivity index is 2.35. The van der Waals surface area contributed by atoms with Crippen molar-refractivity contribution in [1.29, 1.82) is 0 Å². The summed E-state index contributed by atoms with van der Waals surface area (Å²) < 4.78 is 1.17. The molecular formula is C13H14Br. The van der Waals surface area contributed by atoms with Crippen LogP contribution in [0.4, 0.5) is 0 Å². The molecule has 0 spiro atoms. The van der Waals surface area contributed by atoms with Gasteiger partial charge in [0.05, 0.1) is 0 Å². The topological polar surface area (TPSA) is 0 Å². The fourth-order valence-corrected chi connectivity index (χ4v) is 2.18. The van der Waals surface area contributed by atoms with Gasteiger partial charge in [-0.25, -0.2) is 0 Å². The second-order valence-corrected chi connectivity index (χ2v) is 4.76. The van der Waals surface area contributed by atoms with Crippen molar-refractivity contribution in [3.63, 3.8) is 0 Å². The predicted molar refractivity (Wildman–Crippen MR) is 64.3 cm³/mol. The average Bonchev–Trinajstić information content (AvgIpc) is 3.01. The smallest absolute Gasteiger partial charge is 0.0241 e. The zero-order valence-electron chi connectivity index (χ0n) is 8.39. The first-order chi connectivity index (χ1) is 6.72. The molecule has 0 aromatic heterocycles. The fraction of sp³-hybridized carbons (Fsp3) is 0.308. The van der Waals surface area contributed by atoms with Crippen LogP contribution in [-0.4, -0.2) is 0 Å². The maximum Gasteiger partial charge on any atom is 0.0241 e. The van der Waals surface area contributed by atoms with E-state index < -0.39 is 0 Å². The van der Waals surface area contributed by atoms with Crippen molar-refractivity contribution in [3.8, 4) is 0 Å². The molecular weight excluding hydrogens is 236 g/mol. The number of benzene rings is 1. The third-order valence-electron chi connectivity index (χ3n) is 2.77. The molecule has 14 heavy (non-hydrogen) atoms. The van der Waals surface area contributed by atoms with Gasteiger partial charge < -0.3 is 0 Å². The van der Waals surface area contributed by atoms with E-state index in [1.807, 2.05) is 6.08 Å². The molecule has 1 heteroatoms. The van der Waals surface area contributed by atoms with E-state index >= 15 is 0 Å². The standard InChI is InChI=1S/C13H14Br/c1-3-9(2)12-8-11(10-4-5-10)6-7-13(12)14/h3,6-8,10H,1,4-5H2,2H3. The molecule has 0 unspecified atom stereocenters. The highest BCUT2D eigenvalue weighted by Crippen LogP contribution is 2.41. The molecule has 1 saturated carbocycles. The Kier molecular flexibility index (Phi) is 2.78. The summed E-state index contributed by atoms with van der Waals surface area (Å²) in [6.45, 7) is 5.91. The largest absolute Gasteiger partial charge is 0.102 e. The van der Waals surface area contributed by atoms with Crippen LogP contribution in [0, 0.1) is 5.92 Å². The fourth-order valence-electron chi connectivity index (χ4n) is 1.63. The van der Waals surface area contributed by atoms with Gasteiger partial charge in [0.25, 0.3) is 0 Å². The Hall–Kier alpha value is -0.560. The molecule has 0 atom stereocenters. The Morgan fingerprint density at radius 3 is 2.79 bits per heavy atom. The Morgan fingerprint density at radius 2 is 2.21 bits per heavy atom. The molecule has 0 aliphatic heterocycles. The van der Waals surface area contributed by atoms with Gasteiger partial charge in [0.2, 0.25) is 0 Å². The van der Waals surface area contributed by atoms with E-state index in [2.05, 4.69) is 47.6 Å². The van der Waals surface area contributed by atoms with Gasteiger partial charge in [-0.15, -0.1) is 6.58 Å². The molecule has 73 valence electrons. The number of allylic oxidation sites excluding steroid dienone is 1. The molecule has 0 nitrogen and oxygen atoms in total. The summed E-state index contributed by atoms with van der Waals surface area (Å²) in [4.78, 5) is 0. The highest BCUT2D eigenvalue weighted by atomic mass is 79.9. The minimum absolute atomic E-state index is 0.819. The van der Waals surface area contributed by atoms with Crippen LogP contribution in [0.1, 0.15) is 36.8 Å². The van der Waals surface area contributed by atoms with E-state index in [1.54, 1.807) is 0 Å². The molecule has 2 rings (SSSR count). The van der Waals surface area contributed by atoms with Crippen LogP contribution in [0.15, 0.2) is 35.3 Å². The van der Waals surface area contributed by atoms with Gasteiger partial charge in [0.15, 0.2) is 0 Å². The summed E-state index contributed by atoms with van der Waals surface area (Å²) in [5.74, 6) is 2.05. The minimum Gasteiger partial charge on any atom is -0.102 e. The van der Waals surface area contributed by atoms with Crippen LogP contribution >= 0.6 is 15.9 Å². The van der Waals surface area contributed by atoms with Crippen LogP contribution < -0.4 is 0 Å². The molecule has 1 aliphatic rings. The van der Waals surface area contributed by atoms with E-state index in [4.69, 9.17) is 0 Å². The first-order valence-corrected chi connectivity index (χ1v) is 5.77. The van der Waals surface area contributed by atoms with Gasteiger partial charge in [-0.1, -0.05) is 41.1 Å². The van der Waals surface area contributed by atoms with Gasteiger partial charge >= 0.3 is 0 Å². The van der Waals surface area contributed by atoms with E-state index in [9.17, 15) is 0 Å². The van der Waals surface area contributed by atoms with Crippen LogP contribution in [-0.2, 0) is 0 Å². The minimum atomic E-state index is 0.819. The maximum absolute atomic E-state index is 3.81. The second kappa shape index (κ2) is 3.90. The van der Waals surface area contributed by atoms with Crippen molar-refractivity contribution in [3.05, 3.63) is 52.4 Å². The molecule has 1 fully saturated rings.